The molecule has 0 spiro atoms. The van der Waals surface area contributed by atoms with E-state index in [1.807, 2.05) is 19.1 Å². The van der Waals surface area contributed by atoms with E-state index in [1.165, 1.54) is 51.4 Å². The lowest BCUT2D eigenvalue weighted by Gasteiger charge is -2.31. The molecule has 0 radical (unpaired) electrons. The molecule has 1 aromatic carbocycles. The van der Waals surface area contributed by atoms with E-state index in [1.54, 1.807) is 0 Å². The third kappa shape index (κ3) is 16.2. The Morgan fingerprint density at radius 2 is 1.05 bits per heavy atom. The smallest absolute Gasteiger partial charge is 0.305 e. The lowest BCUT2D eigenvalue weighted by Crippen LogP contribution is -2.22. The Balaban J connectivity index is 2.65. The molecule has 0 amide bonds. The van der Waals surface area contributed by atoms with Gasteiger partial charge in [-0.25, -0.2) is 0 Å². The van der Waals surface area contributed by atoms with Gasteiger partial charge in [-0.05, 0) is 68.4 Å². The fraction of sp³-hybridized carbons (Fsp3) is 0.789. The van der Waals surface area contributed by atoms with Gasteiger partial charge in [-0.3, -0.25) is 9.59 Å². The Morgan fingerprint density at radius 1 is 0.614 bits per heavy atom. The molecule has 0 bridgehead atoms. The molecule has 1 aromatic rings. The van der Waals surface area contributed by atoms with Gasteiger partial charge in [0.15, 0.2) is 0 Å². The molecule has 0 atom stereocenters. The summed E-state index contributed by atoms with van der Waals surface area (Å²) in [4.78, 5) is 24.6. The number of hydrogen-bond acceptors (Lipinski definition) is 6. The van der Waals surface area contributed by atoms with Crippen molar-refractivity contribution >= 4 is 11.9 Å². The van der Waals surface area contributed by atoms with Crippen LogP contribution in [-0.2, 0) is 29.9 Å². The fourth-order valence-corrected chi connectivity index (χ4v) is 5.81. The number of aromatic hydroxyl groups is 1. The van der Waals surface area contributed by atoms with E-state index in [9.17, 15) is 14.7 Å². The highest BCUT2D eigenvalue weighted by molar-refractivity contribution is 5.69. The van der Waals surface area contributed by atoms with Gasteiger partial charge >= 0.3 is 11.9 Å². The number of carbonyl (C=O) groups excluding carboxylic acids is 2. The molecular formula is C38H66O6. The van der Waals surface area contributed by atoms with Crippen molar-refractivity contribution in [1.29, 1.82) is 0 Å². The number of hydrogen-bond donors (Lipinski definition) is 1. The predicted molar refractivity (Wildman–Crippen MR) is 182 cm³/mol. The Bertz CT molecular complexity index is 935. The zero-order chi connectivity index (χ0) is 32.8. The molecule has 0 aliphatic carbocycles. The Kier molecular flexibility index (Phi) is 20.2. The van der Waals surface area contributed by atoms with E-state index < -0.39 is 0 Å². The normalized spacial score (nSPS) is 11.9. The standard InChI is InChI=1S/C38H66O6/c1-8-11-13-15-17-19-27-43-35(40)23-21-25-37(4,5)31-30-34(42-10-3)32(29-33(31)39)38(6,7)26-22-24-36(41)44-28-20-18-16-14-12-9-2/h29-30,39H,8-28H2,1-7H3. The molecule has 0 aliphatic rings. The molecule has 6 heteroatoms. The number of ether oxygens (including phenoxy) is 3. The molecule has 0 unspecified atom stereocenters. The molecular weight excluding hydrogens is 552 g/mol. The summed E-state index contributed by atoms with van der Waals surface area (Å²) in [6, 6.07) is 3.81. The summed E-state index contributed by atoms with van der Waals surface area (Å²) >= 11 is 0. The highest BCUT2D eigenvalue weighted by Gasteiger charge is 2.31. The molecule has 254 valence electrons. The summed E-state index contributed by atoms with van der Waals surface area (Å²) in [5.74, 6) is 0.732. The maximum absolute atomic E-state index is 12.3. The van der Waals surface area contributed by atoms with Gasteiger partial charge in [0.05, 0.1) is 19.8 Å². The number of carbonyl (C=O) groups is 2. The van der Waals surface area contributed by atoms with Gasteiger partial charge in [-0.2, -0.15) is 0 Å². The first-order chi connectivity index (χ1) is 21.0. The van der Waals surface area contributed by atoms with Crippen molar-refractivity contribution < 1.29 is 28.9 Å². The first-order valence-corrected chi connectivity index (χ1v) is 17.8. The van der Waals surface area contributed by atoms with Gasteiger partial charge in [0.25, 0.3) is 0 Å². The first-order valence-electron chi connectivity index (χ1n) is 17.8. The summed E-state index contributed by atoms with van der Waals surface area (Å²) < 4.78 is 17.0. The molecule has 0 saturated heterocycles. The van der Waals surface area contributed by atoms with E-state index in [-0.39, 0.29) is 28.5 Å². The van der Waals surface area contributed by atoms with Crippen molar-refractivity contribution in [3.05, 3.63) is 23.3 Å². The van der Waals surface area contributed by atoms with E-state index in [0.717, 1.165) is 55.4 Å². The summed E-state index contributed by atoms with van der Waals surface area (Å²) in [6.45, 7) is 16.4. The van der Waals surface area contributed by atoms with Crippen molar-refractivity contribution in [2.45, 2.75) is 175 Å². The minimum Gasteiger partial charge on any atom is -0.508 e. The maximum Gasteiger partial charge on any atom is 0.305 e. The van der Waals surface area contributed by atoms with Gasteiger partial charge in [-0.15, -0.1) is 0 Å². The minimum absolute atomic E-state index is 0.134. The SMILES string of the molecule is CCCCCCCCOC(=O)CCCC(C)(C)c1cc(OCC)c(C(C)(C)CCCC(=O)OCCCCCCCC)cc1O. The van der Waals surface area contributed by atoms with E-state index in [0.29, 0.717) is 45.5 Å². The average Bonchev–Trinajstić information content (AvgIpc) is 2.96. The van der Waals surface area contributed by atoms with Crippen LogP contribution in [0.2, 0.25) is 0 Å². The molecule has 0 saturated carbocycles. The number of phenols is 1. The molecule has 0 aromatic heterocycles. The predicted octanol–water partition coefficient (Wildman–Crippen LogP) is 10.5. The number of esters is 2. The average molecular weight is 619 g/mol. The van der Waals surface area contributed by atoms with Crippen LogP contribution in [0.1, 0.15) is 175 Å². The van der Waals surface area contributed by atoms with Gasteiger partial charge in [0, 0.05) is 24.0 Å². The number of benzene rings is 1. The molecule has 0 fully saturated rings. The second-order valence-electron chi connectivity index (χ2n) is 13.7. The van der Waals surface area contributed by atoms with Crippen LogP contribution in [0.15, 0.2) is 12.1 Å². The Labute approximate surface area is 270 Å². The zero-order valence-corrected chi connectivity index (χ0v) is 29.5. The van der Waals surface area contributed by atoms with Crippen LogP contribution < -0.4 is 4.74 Å². The second kappa shape index (κ2) is 22.3. The van der Waals surface area contributed by atoms with Gasteiger partial charge in [-0.1, -0.05) is 106 Å². The Morgan fingerprint density at radius 3 is 1.50 bits per heavy atom. The summed E-state index contributed by atoms with van der Waals surface area (Å²) in [7, 11) is 0. The maximum atomic E-state index is 12.3. The van der Waals surface area contributed by atoms with Crippen molar-refractivity contribution in [2.24, 2.45) is 0 Å². The van der Waals surface area contributed by atoms with E-state index in [2.05, 4.69) is 41.5 Å². The largest absolute Gasteiger partial charge is 0.508 e. The number of rotatable bonds is 26. The van der Waals surface area contributed by atoms with Crippen molar-refractivity contribution in [1.82, 2.24) is 0 Å². The van der Waals surface area contributed by atoms with Crippen LogP contribution in [0.4, 0.5) is 0 Å². The van der Waals surface area contributed by atoms with Crippen LogP contribution in [0, 0.1) is 0 Å². The minimum atomic E-state index is -0.349. The molecule has 1 rings (SSSR count). The molecule has 44 heavy (non-hydrogen) atoms. The third-order valence-corrected chi connectivity index (χ3v) is 8.74. The monoisotopic (exact) mass is 618 g/mol. The topological polar surface area (TPSA) is 82.1 Å². The van der Waals surface area contributed by atoms with Crippen LogP contribution in [0.3, 0.4) is 0 Å². The number of unbranched alkanes of at least 4 members (excludes halogenated alkanes) is 10. The van der Waals surface area contributed by atoms with E-state index in [4.69, 9.17) is 14.2 Å². The fourth-order valence-electron chi connectivity index (χ4n) is 5.81. The van der Waals surface area contributed by atoms with Crippen LogP contribution in [0.25, 0.3) is 0 Å². The third-order valence-electron chi connectivity index (χ3n) is 8.74. The van der Waals surface area contributed by atoms with Crippen LogP contribution in [0.5, 0.6) is 11.5 Å². The molecule has 6 nitrogen and oxygen atoms in total. The summed E-state index contributed by atoms with van der Waals surface area (Å²) in [5, 5.41) is 11.2. The summed E-state index contributed by atoms with van der Waals surface area (Å²) in [5.41, 5.74) is 1.11. The quantitative estimate of drug-likeness (QED) is 0.0821. The Hall–Kier alpha value is -2.24. The first kappa shape index (κ1) is 39.8. The molecule has 1 N–H and O–H groups in total. The number of phenolic OH excluding ortho intramolecular Hbond substituents is 1. The second-order valence-corrected chi connectivity index (χ2v) is 13.7. The van der Waals surface area contributed by atoms with Crippen LogP contribution >= 0.6 is 0 Å². The van der Waals surface area contributed by atoms with Gasteiger partial charge in [0.1, 0.15) is 11.5 Å². The lowest BCUT2D eigenvalue weighted by atomic mass is 9.75. The van der Waals surface area contributed by atoms with E-state index >= 15 is 0 Å². The molecule has 0 heterocycles. The lowest BCUT2D eigenvalue weighted by molar-refractivity contribution is -0.144. The highest BCUT2D eigenvalue weighted by Crippen LogP contribution is 2.44. The van der Waals surface area contributed by atoms with Crippen molar-refractivity contribution in [3.63, 3.8) is 0 Å². The van der Waals surface area contributed by atoms with Crippen molar-refractivity contribution in [3.8, 4) is 11.5 Å². The summed E-state index contributed by atoms with van der Waals surface area (Å²) in [6.07, 6.45) is 17.7. The van der Waals surface area contributed by atoms with Crippen molar-refractivity contribution in [2.75, 3.05) is 19.8 Å². The highest BCUT2D eigenvalue weighted by atomic mass is 16.5. The zero-order valence-electron chi connectivity index (χ0n) is 29.5. The molecule has 0 aliphatic heterocycles. The van der Waals surface area contributed by atoms with Gasteiger partial charge in [0.2, 0.25) is 0 Å². The van der Waals surface area contributed by atoms with Crippen LogP contribution in [-0.4, -0.2) is 36.9 Å². The van der Waals surface area contributed by atoms with Gasteiger partial charge < -0.3 is 19.3 Å².